The van der Waals surface area contributed by atoms with Crippen molar-refractivity contribution in [1.82, 2.24) is 9.88 Å². The van der Waals surface area contributed by atoms with E-state index < -0.39 is 6.17 Å². The maximum absolute atomic E-state index is 6.67. The molecule has 0 aliphatic carbocycles. The number of rotatable bonds is 5. The Bertz CT molecular complexity index is 3390. The van der Waals surface area contributed by atoms with Gasteiger partial charge in [-0.3, -0.25) is 0 Å². The van der Waals surface area contributed by atoms with Crippen LogP contribution in [0.25, 0.3) is 82.5 Å². The second-order valence-electron chi connectivity index (χ2n) is 14.6. The minimum Gasteiger partial charge on any atom is -0.456 e. The van der Waals surface area contributed by atoms with Crippen molar-refractivity contribution in [2.45, 2.75) is 6.17 Å². The minimum atomic E-state index is -0.402. The Balaban J connectivity index is 0.958. The predicted molar refractivity (Wildman–Crippen MR) is 233 cm³/mol. The quantitative estimate of drug-likeness (QED) is 0.192. The average Bonchev–Trinajstić information content (AvgIpc) is 3.95. The molecule has 1 N–H and O–H groups in total. The number of benzene rings is 8. The molecule has 11 aromatic rings. The molecule has 0 amide bonds. The van der Waals surface area contributed by atoms with Gasteiger partial charge in [0.1, 0.15) is 28.2 Å². The number of nitrogens with one attached hydrogen (secondary N) is 1. The van der Waals surface area contributed by atoms with Gasteiger partial charge in [-0.1, -0.05) is 127 Å². The van der Waals surface area contributed by atoms with E-state index in [-0.39, 0.29) is 0 Å². The summed E-state index contributed by atoms with van der Waals surface area (Å²) in [6.07, 6.45) is -0.402. The number of nitrogens with zero attached hydrogens (tertiary/aromatic N) is 3. The molecule has 6 nitrogen and oxygen atoms in total. The van der Waals surface area contributed by atoms with E-state index in [2.05, 4.69) is 143 Å². The highest BCUT2D eigenvalue weighted by Crippen LogP contribution is 2.40. The number of aliphatic imine (C=N–C) groups is 2. The van der Waals surface area contributed by atoms with Crippen LogP contribution in [0.4, 0.5) is 0 Å². The summed E-state index contributed by atoms with van der Waals surface area (Å²) < 4.78 is 15.4. The molecule has 1 unspecified atom stereocenters. The van der Waals surface area contributed by atoms with Crippen molar-refractivity contribution in [2.75, 3.05) is 0 Å². The van der Waals surface area contributed by atoms with Gasteiger partial charge in [-0.2, -0.15) is 0 Å². The lowest BCUT2D eigenvalue weighted by molar-refractivity contribution is 0.628. The van der Waals surface area contributed by atoms with Crippen LogP contribution in [0.1, 0.15) is 22.9 Å². The van der Waals surface area contributed by atoms with Crippen LogP contribution in [0.3, 0.4) is 0 Å². The highest BCUT2D eigenvalue weighted by molar-refractivity contribution is 6.14. The van der Waals surface area contributed by atoms with Crippen LogP contribution in [0.2, 0.25) is 0 Å². The molecule has 1 aliphatic heterocycles. The Hall–Kier alpha value is -7.70. The molecule has 4 heterocycles. The fourth-order valence-corrected chi connectivity index (χ4v) is 8.57. The molecular formula is C51H32N4O2. The summed E-state index contributed by atoms with van der Waals surface area (Å²) >= 11 is 0. The second-order valence-corrected chi connectivity index (χ2v) is 14.6. The third-order valence-electron chi connectivity index (χ3n) is 11.3. The zero-order valence-corrected chi connectivity index (χ0v) is 30.6. The van der Waals surface area contributed by atoms with Crippen molar-refractivity contribution in [3.63, 3.8) is 0 Å². The lowest BCUT2D eigenvalue weighted by Gasteiger charge is -2.23. The van der Waals surface area contributed by atoms with E-state index in [0.717, 1.165) is 83.2 Å². The monoisotopic (exact) mass is 732 g/mol. The molecule has 268 valence electrons. The smallest absolute Gasteiger partial charge is 0.159 e. The van der Waals surface area contributed by atoms with E-state index in [1.165, 1.54) is 21.8 Å². The first-order valence-corrected chi connectivity index (χ1v) is 19.2. The van der Waals surface area contributed by atoms with Gasteiger partial charge in [0, 0.05) is 54.7 Å². The van der Waals surface area contributed by atoms with Gasteiger partial charge in [0.2, 0.25) is 0 Å². The molecule has 57 heavy (non-hydrogen) atoms. The summed E-state index contributed by atoms with van der Waals surface area (Å²) in [6.45, 7) is 0. The van der Waals surface area contributed by atoms with Crippen molar-refractivity contribution in [2.24, 2.45) is 9.98 Å². The van der Waals surface area contributed by atoms with Gasteiger partial charge in [0.25, 0.3) is 0 Å². The largest absolute Gasteiger partial charge is 0.456 e. The minimum absolute atomic E-state index is 0.402. The standard InChI is InChI=1S/C51H32N4O2/c1-3-12-31(13-4-1)49-52-50(32-14-5-2-6-15-32)54-51(53-49)39-19-11-18-38-40-28-33(23-26-47(40)57-48(38)39)34-22-25-45-41(29-34)42-30-35(24-27-46(42)56-45)55-43-20-9-7-16-36(43)37-17-8-10-21-44(37)55/h1-30,51H,(H,52,53,54). The Kier molecular flexibility index (Phi) is 6.89. The Morgan fingerprint density at radius 3 is 1.70 bits per heavy atom. The number of furan rings is 2. The number of para-hydroxylation sites is 3. The van der Waals surface area contributed by atoms with Crippen LogP contribution >= 0.6 is 0 Å². The van der Waals surface area contributed by atoms with Gasteiger partial charge in [-0.15, -0.1) is 0 Å². The van der Waals surface area contributed by atoms with Crippen LogP contribution < -0.4 is 5.32 Å². The van der Waals surface area contributed by atoms with Crippen LogP contribution in [-0.2, 0) is 0 Å². The summed E-state index contributed by atoms with van der Waals surface area (Å²) in [6, 6.07) is 63.3. The van der Waals surface area contributed by atoms with Gasteiger partial charge in [-0.25, -0.2) is 9.98 Å². The third kappa shape index (κ3) is 5.04. The molecule has 0 radical (unpaired) electrons. The highest BCUT2D eigenvalue weighted by atomic mass is 16.3. The Labute approximate surface area is 326 Å². The molecule has 8 aromatic carbocycles. The molecular weight excluding hydrogens is 701 g/mol. The van der Waals surface area contributed by atoms with E-state index in [0.29, 0.717) is 5.84 Å². The van der Waals surface area contributed by atoms with Crippen molar-refractivity contribution in [3.05, 3.63) is 199 Å². The maximum atomic E-state index is 6.67. The van der Waals surface area contributed by atoms with E-state index in [4.69, 9.17) is 18.8 Å². The lowest BCUT2D eigenvalue weighted by Crippen LogP contribution is -2.33. The Morgan fingerprint density at radius 1 is 0.439 bits per heavy atom. The fourth-order valence-electron chi connectivity index (χ4n) is 8.57. The van der Waals surface area contributed by atoms with Crippen LogP contribution in [0, 0.1) is 0 Å². The summed E-state index contributed by atoms with van der Waals surface area (Å²) in [5.41, 5.74) is 11.9. The van der Waals surface area contributed by atoms with Gasteiger partial charge in [0.05, 0.1) is 11.0 Å². The number of fused-ring (bicyclic) bond motifs is 9. The second kappa shape index (κ2) is 12.4. The molecule has 0 bridgehead atoms. The van der Waals surface area contributed by atoms with Crippen molar-refractivity contribution >= 4 is 77.4 Å². The number of hydrogen-bond acceptors (Lipinski definition) is 5. The summed E-state index contributed by atoms with van der Waals surface area (Å²) in [5, 5.41) is 10.3. The molecule has 3 aromatic heterocycles. The van der Waals surface area contributed by atoms with Gasteiger partial charge in [0.15, 0.2) is 12.0 Å². The van der Waals surface area contributed by atoms with Crippen LogP contribution in [0.15, 0.2) is 201 Å². The zero-order valence-electron chi connectivity index (χ0n) is 30.6. The van der Waals surface area contributed by atoms with E-state index in [1.54, 1.807) is 0 Å². The summed E-state index contributed by atoms with van der Waals surface area (Å²) in [7, 11) is 0. The number of hydrogen-bond donors (Lipinski definition) is 1. The zero-order chi connectivity index (χ0) is 37.5. The number of amidine groups is 2. The van der Waals surface area contributed by atoms with Gasteiger partial charge in [-0.05, 0) is 65.7 Å². The van der Waals surface area contributed by atoms with E-state index in [1.807, 2.05) is 48.5 Å². The highest BCUT2D eigenvalue weighted by Gasteiger charge is 2.25. The SMILES string of the molecule is c1ccc(C2=NC(c3cccc4c3oc3ccc(-c5ccc6oc7ccc(-n8c9ccccc9c9ccccc98)cc7c6c5)cc34)NC(c3ccccc3)=N2)cc1. The first kappa shape index (κ1) is 31.6. The normalized spacial score (nSPS) is 14.5. The fraction of sp³-hybridized carbons (Fsp3) is 0.0196. The third-order valence-corrected chi connectivity index (χ3v) is 11.3. The van der Waals surface area contributed by atoms with Crippen molar-refractivity contribution in [3.8, 4) is 16.8 Å². The predicted octanol–water partition coefficient (Wildman–Crippen LogP) is 12.7. The molecule has 0 spiro atoms. The van der Waals surface area contributed by atoms with Crippen molar-refractivity contribution < 1.29 is 8.83 Å². The molecule has 0 saturated heterocycles. The summed E-state index contributed by atoms with van der Waals surface area (Å²) in [4.78, 5) is 10.1. The first-order valence-electron chi connectivity index (χ1n) is 19.2. The van der Waals surface area contributed by atoms with Gasteiger partial charge >= 0.3 is 0 Å². The van der Waals surface area contributed by atoms with Crippen LogP contribution in [-0.4, -0.2) is 16.2 Å². The number of aromatic nitrogens is 1. The first-order chi connectivity index (χ1) is 28.2. The average molecular weight is 733 g/mol. The maximum Gasteiger partial charge on any atom is 0.159 e. The lowest BCUT2D eigenvalue weighted by atomic mass is 10.00. The topological polar surface area (TPSA) is 68.0 Å². The molecule has 12 rings (SSSR count). The molecule has 6 heteroatoms. The summed E-state index contributed by atoms with van der Waals surface area (Å²) in [5.74, 6) is 1.45. The van der Waals surface area contributed by atoms with Gasteiger partial charge < -0.3 is 18.7 Å². The molecule has 1 atom stereocenters. The van der Waals surface area contributed by atoms with Crippen molar-refractivity contribution in [1.29, 1.82) is 0 Å². The van der Waals surface area contributed by atoms with Crippen LogP contribution in [0.5, 0.6) is 0 Å². The van der Waals surface area contributed by atoms with E-state index in [9.17, 15) is 0 Å². The molecule has 0 saturated carbocycles. The Morgan fingerprint density at radius 2 is 1.00 bits per heavy atom. The molecule has 1 aliphatic rings. The molecule has 0 fully saturated rings. The van der Waals surface area contributed by atoms with E-state index >= 15 is 0 Å².